The van der Waals surface area contributed by atoms with Gasteiger partial charge in [-0.2, -0.15) is 0 Å². The maximum Gasteiger partial charge on any atom is 0.410 e. The third-order valence-electron chi connectivity index (χ3n) is 5.02. The summed E-state index contributed by atoms with van der Waals surface area (Å²) in [6.07, 6.45) is 1.10. The van der Waals surface area contributed by atoms with Gasteiger partial charge in [0.2, 0.25) is 0 Å². The smallest absolute Gasteiger partial charge is 0.410 e. The molecule has 2 fully saturated rings. The number of likely N-dealkylation sites (tertiary alicyclic amines) is 1. The van der Waals surface area contributed by atoms with E-state index in [-0.39, 0.29) is 17.5 Å². The zero-order valence-electron chi connectivity index (χ0n) is 15.1. The topological polar surface area (TPSA) is 55.8 Å². The number of amides is 1. The van der Waals surface area contributed by atoms with Gasteiger partial charge in [0.05, 0.1) is 12.5 Å². The summed E-state index contributed by atoms with van der Waals surface area (Å²) in [6, 6.07) is 7.78. The van der Waals surface area contributed by atoms with Crippen molar-refractivity contribution in [1.29, 1.82) is 0 Å². The minimum atomic E-state index is -0.630. The number of ether oxygens (including phenoxy) is 2. The number of carbonyl (C=O) groups is 2. The maximum atomic E-state index is 12.6. The van der Waals surface area contributed by atoms with Gasteiger partial charge in [-0.25, -0.2) is 4.79 Å². The van der Waals surface area contributed by atoms with Crippen LogP contribution in [0.5, 0.6) is 0 Å². The van der Waals surface area contributed by atoms with Gasteiger partial charge < -0.3 is 14.4 Å². The zero-order chi connectivity index (χ0) is 18.5. The Morgan fingerprint density at radius 3 is 2.28 bits per heavy atom. The summed E-state index contributed by atoms with van der Waals surface area (Å²) in [5.74, 6) is -0.208. The highest BCUT2D eigenvalue weighted by Gasteiger charge is 2.65. The number of hydrogen-bond acceptors (Lipinski definition) is 4. The normalized spacial score (nSPS) is 20.4. The summed E-state index contributed by atoms with van der Waals surface area (Å²) < 4.78 is 11.4. The first-order valence-corrected chi connectivity index (χ1v) is 9.22. The van der Waals surface area contributed by atoms with Crippen LogP contribution in [0.2, 0.25) is 0 Å². The van der Waals surface area contributed by atoms with E-state index in [2.05, 4.69) is 15.9 Å². The van der Waals surface area contributed by atoms with Gasteiger partial charge >= 0.3 is 12.1 Å². The van der Waals surface area contributed by atoms with Crippen molar-refractivity contribution in [3.05, 3.63) is 34.3 Å². The molecule has 0 N–H and O–H groups in total. The Balaban J connectivity index is 1.72. The van der Waals surface area contributed by atoms with Crippen LogP contribution in [0.1, 0.15) is 39.2 Å². The number of hydrogen-bond donors (Lipinski definition) is 0. The van der Waals surface area contributed by atoms with Crippen LogP contribution in [-0.2, 0) is 19.7 Å². The van der Waals surface area contributed by atoms with Gasteiger partial charge in [-0.05, 0) is 45.2 Å². The van der Waals surface area contributed by atoms with Crippen LogP contribution in [0.4, 0.5) is 4.79 Å². The Bertz CT molecular complexity index is 696. The Hall–Kier alpha value is -1.56. The third-order valence-corrected chi connectivity index (χ3v) is 5.71. The van der Waals surface area contributed by atoms with E-state index < -0.39 is 11.0 Å². The lowest BCUT2D eigenvalue weighted by atomic mass is 9.47. The van der Waals surface area contributed by atoms with Crippen molar-refractivity contribution in [3.8, 4) is 0 Å². The molecular weight excluding hydrogens is 386 g/mol. The fourth-order valence-electron chi connectivity index (χ4n) is 4.16. The highest BCUT2D eigenvalue weighted by molar-refractivity contribution is 9.10. The van der Waals surface area contributed by atoms with Crippen molar-refractivity contribution in [2.24, 2.45) is 5.41 Å². The maximum absolute atomic E-state index is 12.6. The molecule has 0 bridgehead atoms. The lowest BCUT2D eigenvalue weighted by Gasteiger charge is -2.62. The number of halogens is 1. The molecule has 1 aromatic rings. The third kappa shape index (κ3) is 3.16. The molecule has 5 nitrogen and oxygen atoms in total. The summed E-state index contributed by atoms with van der Waals surface area (Å²) >= 11 is 3.56. The Kier molecular flexibility index (Phi) is 4.38. The molecule has 0 atom stereocenters. The Morgan fingerprint density at radius 1 is 1.16 bits per heavy atom. The SMILES string of the molecule is COC(=O)C1(c2ccccc2Br)CC2(CN(C(=O)OC(C)(C)C)C2)C1. The molecule has 1 aliphatic carbocycles. The van der Waals surface area contributed by atoms with Gasteiger partial charge in [0.15, 0.2) is 0 Å². The minimum Gasteiger partial charge on any atom is -0.468 e. The zero-order valence-corrected chi connectivity index (χ0v) is 16.7. The quantitative estimate of drug-likeness (QED) is 0.695. The van der Waals surface area contributed by atoms with E-state index in [1.807, 2.05) is 45.0 Å². The highest BCUT2D eigenvalue weighted by atomic mass is 79.9. The molecule has 2 aliphatic rings. The lowest BCUT2D eigenvalue weighted by Crippen LogP contribution is -2.70. The molecule has 0 unspecified atom stereocenters. The highest BCUT2D eigenvalue weighted by Crippen LogP contribution is 2.61. The summed E-state index contributed by atoms with van der Waals surface area (Å²) in [5.41, 5.74) is -0.178. The predicted octanol–water partition coefficient (Wildman–Crippen LogP) is 3.89. The second kappa shape index (κ2) is 6.01. The van der Waals surface area contributed by atoms with Crippen LogP contribution < -0.4 is 0 Å². The monoisotopic (exact) mass is 409 g/mol. The van der Waals surface area contributed by atoms with Crippen molar-refractivity contribution in [2.45, 2.75) is 44.6 Å². The number of methoxy groups -OCH3 is 1. The Morgan fingerprint density at radius 2 is 1.76 bits per heavy atom. The van der Waals surface area contributed by atoms with Gasteiger partial charge in [0, 0.05) is 23.0 Å². The molecule has 6 heteroatoms. The molecule has 1 aromatic carbocycles. The van der Waals surface area contributed by atoms with Crippen LogP contribution in [0.3, 0.4) is 0 Å². The number of esters is 1. The molecule has 1 heterocycles. The summed E-state index contributed by atoms with van der Waals surface area (Å²) in [4.78, 5) is 26.4. The molecule has 1 saturated heterocycles. The summed E-state index contributed by atoms with van der Waals surface area (Å²) in [6.45, 7) is 6.84. The number of nitrogens with zero attached hydrogens (tertiary/aromatic N) is 1. The Labute approximate surface area is 156 Å². The van der Waals surface area contributed by atoms with Gasteiger partial charge in [0.1, 0.15) is 5.60 Å². The number of benzene rings is 1. The first-order valence-electron chi connectivity index (χ1n) is 8.42. The average Bonchev–Trinajstić information content (AvgIpc) is 2.43. The lowest BCUT2D eigenvalue weighted by molar-refractivity contribution is -0.169. The molecule has 0 aromatic heterocycles. The van der Waals surface area contributed by atoms with E-state index in [4.69, 9.17) is 9.47 Å². The van der Waals surface area contributed by atoms with Crippen LogP contribution >= 0.6 is 15.9 Å². The van der Waals surface area contributed by atoms with E-state index in [0.717, 1.165) is 10.0 Å². The molecular formula is C19H24BrNO4. The van der Waals surface area contributed by atoms with Crippen molar-refractivity contribution >= 4 is 28.0 Å². The fourth-order valence-corrected chi connectivity index (χ4v) is 4.82. The predicted molar refractivity (Wildman–Crippen MR) is 97.3 cm³/mol. The molecule has 1 spiro atoms. The molecule has 0 radical (unpaired) electrons. The van der Waals surface area contributed by atoms with Crippen LogP contribution in [0.15, 0.2) is 28.7 Å². The standard InChI is InChI=1S/C19H24BrNO4/c1-17(2,3)25-16(23)21-11-18(12-21)9-19(10-18,15(22)24-4)13-7-5-6-8-14(13)20/h5-8H,9-12H2,1-4H3. The van der Waals surface area contributed by atoms with E-state index >= 15 is 0 Å². The molecule has 3 rings (SSSR count). The van der Waals surface area contributed by atoms with E-state index in [1.165, 1.54) is 7.11 Å². The number of rotatable bonds is 2. The molecule has 1 saturated carbocycles. The molecule has 1 aliphatic heterocycles. The first-order chi connectivity index (χ1) is 11.6. The van der Waals surface area contributed by atoms with Crippen molar-refractivity contribution in [2.75, 3.05) is 20.2 Å². The van der Waals surface area contributed by atoms with Gasteiger partial charge in [-0.1, -0.05) is 34.1 Å². The van der Waals surface area contributed by atoms with E-state index in [1.54, 1.807) is 4.90 Å². The van der Waals surface area contributed by atoms with Crippen molar-refractivity contribution < 1.29 is 19.1 Å². The molecule has 25 heavy (non-hydrogen) atoms. The minimum absolute atomic E-state index is 0.0135. The van der Waals surface area contributed by atoms with Crippen LogP contribution in [0.25, 0.3) is 0 Å². The largest absolute Gasteiger partial charge is 0.468 e. The number of carbonyl (C=O) groups excluding carboxylic acids is 2. The van der Waals surface area contributed by atoms with E-state index in [9.17, 15) is 9.59 Å². The van der Waals surface area contributed by atoms with Gasteiger partial charge in [-0.15, -0.1) is 0 Å². The van der Waals surface area contributed by atoms with Crippen molar-refractivity contribution in [1.82, 2.24) is 4.90 Å². The second-order valence-electron chi connectivity index (χ2n) is 8.24. The fraction of sp³-hybridized carbons (Fsp3) is 0.579. The summed E-state index contributed by atoms with van der Waals surface area (Å²) in [5, 5.41) is 0. The molecule has 136 valence electrons. The van der Waals surface area contributed by atoms with Crippen LogP contribution in [0, 0.1) is 5.41 Å². The van der Waals surface area contributed by atoms with Crippen molar-refractivity contribution in [3.63, 3.8) is 0 Å². The second-order valence-corrected chi connectivity index (χ2v) is 9.10. The summed E-state index contributed by atoms with van der Waals surface area (Å²) in [7, 11) is 1.43. The average molecular weight is 410 g/mol. The molecule has 1 amide bonds. The van der Waals surface area contributed by atoms with Crippen LogP contribution in [-0.4, -0.2) is 42.8 Å². The van der Waals surface area contributed by atoms with E-state index in [0.29, 0.717) is 25.9 Å². The first kappa shape index (κ1) is 18.2. The van der Waals surface area contributed by atoms with Gasteiger partial charge in [0.25, 0.3) is 0 Å². The van der Waals surface area contributed by atoms with Gasteiger partial charge in [-0.3, -0.25) is 4.79 Å².